The molecule has 1 aromatic rings. The number of hydrogen-bond acceptors (Lipinski definition) is 2. The second-order valence-electron chi connectivity index (χ2n) is 4.44. The summed E-state index contributed by atoms with van der Waals surface area (Å²) in [5, 5.41) is 0. The Hall–Kier alpha value is -1.00. The van der Waals surface area contributed by atoms with Gasteiger partial charge in [-0.15, -0.1) is 0 Å². The summed E-state index contributed by atoms with van der Waals surface area (Å²) in [5.74, 6) is -0.0281. The number of Topliss-reactive ketones (excluding diaryl/α,β-unsaturated/α-hetero) is 1. The second kappa shape index (κ2) is 5.37. The maximum Gasteiger partial charge on any atom is 0.153 e. The van der Waals surface area contributed by atoms with Crippen molar-refractivity contribution >= 4 is 16.9 Å². The van der Waals surface area contributed by atoms with Gasteiger partial charge in [-0.05, 0) is 5.56 Å². The van der Waals surface area contributed by atoms with Crippen molar-refractivity contribution in [2.24, 2.45) is 5.41 Å². The molecular formula is C12H16O3S. The van der Waals surface area contributed by atoms with E-state index < -0.39 is 16.5 Å². The van der Waals surface area contributed by atoms with Crippen LogP contribution in [-0.4, -0.2) is 20.3 Å². The van der Waals surface area contributed by atoms with E-state index >= 15 is 0 Å². The minimum absolute atomic E-state index is 0.0129. The van der Waals surface area contributed by atoms with E-state index in [-0.39, 0.29) is 11.5 Å². The Kier molecular flexibility index (Phi) is 4.38. The molecule has 88 valence electrons. The number of benzene rings is 1. The highest BCUT2D eigenvalue weighted by atomic mass is 32.2. The molecule has 0 fully saturated rings. The van der Waals surface area contributed by atoms with Crippen LogP contribution >= 0.6 is 0 Å². The second-order valence-corrected chi connectivity index (χ2v) is 5.37. The highest BCUT2D eigenvalue weighted by Crippen LogP contribution is 2.20. The lowest BCUT2D eigenvalue weighted by Gasteiger charge is -2.20. The molecule has 1 atom stereocenters. The Balaban J connectivity index is 2.68. The van der Waals surface area contributed by atoms with Crippen LogP contribution in [0.25, 0.3) is 0 Å². The van der Waals surface area contributed by atoms with Gasteiger partial charge in [0.05, 0.1) is 5.75 Å². The standard InChI is InChI=1S/C12H16O3S/c1-12(2,9-16(14)15)11(13)8-10-6-4-3-5-7-10/h3-7H,8-9H2,1-2H3,(H,14,15). The van der Waals surface area contributed by atoms with Gasteiger partial charge >= 0.3 is 0 Å². The molecule has 1 N–H and O–H groups in total. The normalized spacial score (nSPS) is 13.4. The van der Waals surface area contributed by atoms with E-state index in [9.17, 15) is 9.00 Å². The Morgan fingerprint density at radius 1 is 1.31 bits per heavy atom. The molecule has 0 saturated heterocycles. The Morgan fingerprint density at radius 2 is 1.88 bits per heavy atom. The predicted octanol–water partition coefficient (Wildman–Crippen LogP) is 2.05. The summed E-state index contributed by atoms with van der Waals surface area (Å²) in [6.07, 6.45) is 0.311. The van der Waals surface area contributed by atoms with Gasteiger partial charge in [-0.3, -0.25) is 4.79 Å². The molecule has 0 spiro atoms. The molecule has 0 heterocycles. The summed E-state index contributed by atoms with van der Waals surface area (Å²) in [4.78, 5) is 11.9. The number of ketones is 1. The molecule has 4 heteroatoms. The van der Waals surface area contributed by atoms with Gasteiger partial charge in [0.25, 0.3) is 0 Å². The summed E-state index contributed by atoms with van der Waals surface area (Å²) in [7, 11) is 0. The van der Waals surface area contributed by atoms with Crippen LogP contribution in [0.5, 0.6) is 0 Å². The third kappa shape index (κ3) is 3.87. The SMILES string of the molecule is CC(C)(CS(=O)O)C(=O)Cc1ccccc1. The zero-order valence-electron chi connectivity index (χ0n) is 9.47. The molecular weight excluding hydrogens is 224 g/mol. The first-order chi connectivity index (χ1) is 7.42. The van der Waals surface area contributed by atoms with Crippen molar-refractivity contribution in [2.75, 3.05) is 5.75 Å². The largest absolute Gasteiger partial charge is 0.306 e. The van der Waals surface area contributed by atoms with Crippen LogP contribution < -0.4 is 0 Å². The van der Waals surface area contributed by atoms with Gasteiger partial charge in [0, 0.05) is 11.8 Å². The summed E-state index contributed by atoms with van der Waals surface area (Å²) in [6, 6.07) is 9.40. The topological polar surface area (TPSA) is 54.4 Å². The highest BCUT2D eigenvalue weighted by molar-refractivity contribution is 7.79. The molecule has 0 amide bonds. The predicted molar refractivity (Wildman–Crippen MR) is 64.6 cm³/mol. The van der Waals surface area contributed by atoms with Gasteiger partial charge in [-0.25, -0.2) is 4.21 Å². The van der Waals surface area contributed by atoms with Gasteiger partial charge in [0.1, 0.15) is 5.78 Å². The van der Waals surface area contributed by atoms with Crippen LogP contribution in [0.15, 0.2) is 30.3 Å². The molecule has 3 nitrogen and oxygen atoms in total. The van der Waals surface area contributed by atoms with Crippen molar-refractivity contribution in [3.05, 3.63) is 35.9 Å². The van der Waals surface area contributed by atoms with E-state index in [1.807, 2.05) is 30.3 Å². The van der Waals surface area contributed by atoms with Crippen molar-refractivity contribution < 1.29 is 13.6 Å². The van der Waals surface area contributed by atoms with Crippen LogP contribution in [0.1, 0.15) is 19.4 Å². The van der Waals surface area contributed by atoms with E-state index in [4.69, 9.17) is 4.55 Å². The molecule has 0 aliphatic heterocycles. The van der Waals surface area contributed by atoms with Crippen LogP contribution in [0, 0.1) is 5.41 Å². The van der Waals surface area contributed by atoms with Crippen LogP contribution in [-0.2, 0) is 22.3 Å². The molecule has 0 saturated carbocycles. The molecule has 0 aliphatic carbocycles. The van der Waals surface area contributed by atoms with Crippen LogP contribution in [0.2, 0.25) is 0 Å². The number of carbonyl (C=O) groups excluding carboxylic acids is 1. The highest BCUT2D eigenvalue weighted by Gasteiger charge is 2.29. The van der Waals surface area contributed by atoms with E-state index in [0.29, 0.717) is 6.42 Å². The zero-order valence-corrected chi connectivity index (χ0v) is 10.3. The lowest BCUT2D eigenvalue weighted by atomic mass is 9.87. The van der Waals surface area contributed by atoms with Crippen molar-refractivity contribution in [3.63, 3.8) is 0 Å². The van der Waals surface area contributed by atoms with Gasteiger partial charge in [-0.2, -0.15) is 0 Å². The zero-order chi connectivity index (χ0) is 12.2. The first kappa shape index (κ1) is 13.1. The fourth-order valence-electron chi connectivity index (χ4n) is 1.41. The Bertz CT molecular complexity index is 385. The van der Waals surface area contributed by atoms with Gasteiger partial charge in [0.15, 0.2) is 11.1 Å². The van der Waals surface area contributed by atoms with Gasteiger partial charge in [0.2, 0.25) is 0 Å². The third-order valence-corrected chi connectivity index (χ3v) is 3.42. The fourth-order valence-corrected chi connectivity index (χ4v) is 2.19. The monoisotopic (exact) mass is 240 g/mol. The molecule has 1 aromatic carbocycles. The summed E-state index contributed by atoms with van der Waals surface area (Å²) < 4.78 is 19.6. The van der Waals surface area contributed by atoms with Gasteiger partial charge < -0.3 is 4.55 Å². The molecule has 1 unspecified atom stereocenters. The first-order valence-corrected chi connectivity index (χ1v) is 6.34. The number of carbonyl (C=O) groups is 1. The van der Waals surface area contributed by atoms with Gasteiger partial charge in [-0.1, -0.05) is 44.2 Å². The van der Waals surface area contributed by atoms with E-state index in [0.717, 1.165) is 5.56 Å². The molecule has 0 bridgehead atoms. The minimum Gasteiger partial charge on any atom is -0.306 e. The first-order valence-electron chi connectivity index (χ1n) is 5.06. The number of rotatable bonds is 5. The average molecular weight is 240 g/mol. The molecule has 0 aliphatic rings. The molecule has 16 heavy (non-hydrogen) atoms. The summed E-state index contributed by atoms with van der Waals surface area (Å²) >= 11 is -1.93. The Labute approximate surface area is 98.2 Å². The van der Waals surface area contributed by atoms with Crippen molar-refractivity contribution in [1.82, 2.24) is 0 Å². The van der Waals surface area contributed by atoms with Crippen molar-refractivity contribution in [1.29, 1.82) is 0 Å². The lowest BCUT2D eigenvalue weighted by molar-refractivity contribution is -0.125. The average Bonchev–Trinajstić information content (AvgIpc) is 2.17. The van der Waals surface area contributed by atoms with E-state index in [1.54, 1.807) is 13.8 Å². The lowest BCUT2D eigenvalue weighted by Crippen LogP contribution is -2.31. The van der Waals surface area contributed by atoms with Crippen LogP contribution in [0.3, 0.4) is 0 Å². The fraction of sp³-hybridized carbons (Fsp3) is 0.417. The number of hydrogen-bond donors (Lipinski definition) is 1. The van der Waals surface area contributed by atoms with E-state index in [1.165, 1.54) is 0 Å². The van der Waals surface area contributed by atoms with Crippen molar-refractivity contribution in [3.8, 4) is 0 Å². The summed E-state index contributed by atoms with van der Waals surface area (Å²) in [6.45, 7) is 3.40. The molecule has 0 radical (unpaired) electrons. The quantitative estimate of drug-likeness (QED) is 0.801. The van der Waals surface area contributed by atoms with Crippen molar-refractivity contribution in [2.45, 2.75) is 20.3 Å². The maximum absolute atomic E-state index is 11.9. The minimum atomic E-state index is -1.93. The molecule has 0 aromatic heterocycles. The van der Waals surface area contributed by atoms with Crippen LogP contribution in [0.4, 0.5) is 0 Å². The Morgan fingerprint density at radius 3 is 2.38 bits per heavy atom. The summed E-state index contributed by atoms with van der Waals surface area (Å²) in [5.41, 5.74) is 0.180. The third-order valence-electron chi connectivity index (χ3n) is 2.45. The van der Waals surface area contributed by atoms with E-state index in [2.05, 4.69) is 0 Å². The smallest absolute Gasteiger partial charge is 0.153 e. The maximum atomic E-state index is 11.9. The molecule has 1 rings (SSSR count).